The van der Waals surface area contributed by atoms with Crippen LogP contribution in [-0.2, 0) is 17.6 Å². The Bertz CT molecular complexity index is 353. The van der Waals surface area contributed by atoms with Crippen LogP contribution in [0.25, 0.3) is 0 Å². The highest BCUT2D eigenvalue weighted by molar-refractivity contribution is 4.96. The third kappa shape index (κ3) is 2.59. The molecule has 5 nitrogen and oxygen atoms in total. The predicted molar refractivity (Wildman–Crippen MR) is 57.0 cm³/mol. The first-order valence-electron chi connectivity index (χ1n) is 5.77. The smallest absolute Gasteiger partial charge is 0.229 e. The number of nitrogens with zero attached hydrogens (tertiary/aromatic N) is 2. The van der Waals surface area contributed by atoms with Gasteiger partial charge in [-0.2, -0.15) is 4.98 Å². The summed E-state index contributed by atoms with van der Waals surface area (Å²) in [5.74, 6) is 1.22. The van der Waals surface area contributed by atoms with Gasteiger partial charge < -0.3 is 14.4 Å². The Morgan fingerprint density at radius 3 is 3.00 bits per heavy atom. The number of aryl methyl sites for hydroxylation is 1. The Kier molecular flexibility index (Phi) is 3.25. The Morgan fingerprint density at radius 1 is 1.56 bits per heavy atom. The van der Waals surface area contributed by atoms with Crippen LogP contribution in [0.3, 0.4) is 0 Å². The lowest BCUT2D eigenvalue weighted by Gasteiger charge is -2.17. The zero-order valence-electron chi connectivity index (χ0n) is 9.77. The number of aliphatic hydroxyl groups is 1. The number of aromatic nitrogens is 2. The van der Waals surface area contributed by atoms with Crippen LogP contribution in [0.4, 0.5) is 0 Å². The Morgan fingerprint density at radius 2 is 2.38 bits per heavy atom. The molecule has 1 N–H and O–H groups in total. The minimum absolute atomic E-state index is 0.100. The minimum Gasteiger partial charge on any atom is -0.387 e. The van der Waals surface area contributed by atoms with Crippen molar-refractivity contribution in [1.29, 1.82) is 0 Å². The van der Waals surface area contributed by atoms with E-state index in [4.69, 9.17) is 9.26 Å². The van der Waals surface area contributed by atoms with Crippen molar-refractivity contribution in [3.05, 3.63) is 11.7 Å². The van der Waals surface area contributed by atoms with Crippen LogP contribution in [0.2, 0.25) is 0 Å². The fraction of sp³-hybridized carbons (Fsp3) is 0.818. The van der Waals surface area contributed by atoms with Gasteiger partial charge in [-0.15, -0.1) is 0 Å². The van der Waals surface area contributed by atoms with Gasteiger partial charge in [-0.3, -0.25) is 0 Å². The average molecular weight is 226 g/mol. The van der Waals surface area contributed by atoms with Gasteiger partial charge in [0.1, 0.15) is 0 Å². The van der Waals surface area contributed by atoms with Crippen LogP contribution in [-0.4, -0.2) is 33.6 Å². The summed E-state index contributed by atoms with van der Waals surface area (Å²) in [5.41, 5.74) is -0.838. The molecule has 0 bridgehead atoms. The quantitative estimate of drug-likeness (QED) is 0.832. The van der Waals surface area contributed by atoms with Crippen molar-refractivity contribution in [2.75, 3.05) is 6.61 Å². The predicted octanol–water partition coefficient (Wildman–Crippen LogP) is 1.10. The molecule has 0 aromatic carbocycles. The standard InChI is InChI=1S/C11H18N2O3/c1-3-4-9-12-10(16-13-9)6-11(14)5-8(2)15-7-11/h8,14H,3-7H2,1-2H3/t8-,11+/m1/s1. The maximum atomic E-state index is 10.2. The van der Waals surface area contributed by atoms with E-state index in [-0.39, 0.29) is 6.10 Å². The number of hydrogen-bond acceptors (Lipinski definition) is 5. The van der Waals surface area contributed by atoms with Crippen molar-refractivity contribution in [3.63, 3.8) is 0 Å². The summed E-state index contributed by atoms with van der Waals surface area (Å²) in [6.07, 6.45) is 2.91. The first-order chi connectivity index (χ1) is 7.61. The zero-order chi connectivity index (χ0) is 11.6. The minimum atomic E-state index is -0.838. The molecule has 0 unspecified atom stereocenters. The Labute approximate surface area is 94.8 Å². The van der Waals surface area contributed by atoms with Gasteiger partial charge in [0.2, 0.25) is 5.89 Å². The molecule has 1 aliphatic rings. The van der Waals surface area contributed by atoms with E-state index in [9.17, 15) is 5.11 Å². The molecule has 1 aromatic heterocycles. The molecular weight excluding hydrogens is 208 g/mol. The first kappa shape index (κ1) is 11.5. The third-order valence-corrected chi connectivity index (χ3v) is 2.77. The lowest BCUT2D eigenvalue weighted by molar-refractivity contribution is 0.0173. The summed E-state index contributed by atoms with van der Waals surface area (Å²) in [6.45, 7) is 4.37. The monoisotopic (exact) mass is 226 g/mol. The molecule has 2 atom stereocenters. The Balaban J connectivity index is 1.97. The molecule has 0 saturated carbocycles. The van der Waals surface area contributed by atoms with Crippen LogP contribution in [0.5, 0.6) is 0 Å². The maximum Gasteiger partial charge on any atom is 0.229 e. The molecule has 1 saturated heterocycles. The molecular formula is C11H18N2O3. The maximum absolute atomic E-state index is 10.2. The summed E-state index contributed by atoms with van der Waals surface area (Å²) >= 11 is 0. The van der Waals surface area contributed by atoms with Crippen LogP contribution < -0.4 is 0 Å². The fourth-order valence-corrected chi connectivity index (χ4v) is 2.04. The van der Waals surface area contributed by atoms with E-state index >= 15 is 0 Å². The van der Waals surface area contributed by atoms with Gasteiger partial charge in [0.25, 0.3) is 0 Å². The van der Waals surface area contributed by atoms with Crippen LogP contribution in [0.1, 0.15) is 38.4 Å². The van der Waals surface area contributed by atoms with Gasteiger partial charge in [-0.1, -0.05) is 12.1 Å². The molecule has 0 aliphatic carbocycles. The van der Waals surface area contributed by atoms with E-state index in [1.807, 2.05) is 6.92 Å². The highest BCUT2D eigenvalue weighted by atomic mass is 16.5. The lowest BCUT2D eigenvalue weighted by Crippen LogP contribution is -2.32. The summed E-state index contributed by atoms with van der Waals surface area (Å²) in [4.78, 5) is 4.24. The molecule has 2 rings (SSSR count). The van der Waals surface area contributed by atoms with E-state index in [0.29, 0.717) is 31.2 Å². The van der Waals surface area contributed by atoms with Gasteiger partial charge in [0, 0.05) is 12.8 Å². The van der Waals surface area contributed by atoms with Crippen LogP contribution >= 0.6 is 0 Å². The summed E-state index contributed by atoms with van der Waals surface area (Å²) in [5, 5.41) is 14.1. The average Bonchev–Trinajstić information content (AvgIpc) is 2.75. The van der Waals surface area contributed by atoms with Crippen LogP contribution in [0.15, 0.2) is 4.52 Å². The highest BCUT2D eigenvalue weighted by Gasteiger charge is 2.38. The largest absolute Gasteiger partial charge is 0.387 e. The Hall–Kier alpha value is -0.940. The van der Waals surface area contributed by atoms with Gasteiger partial charge in [0.05, 0.1) is 24.7 Å². The molecule has 90 valence electrons. The molecule has 0 spiro atoms. The van der Waals surface area contributed by atoms with Crippen molar-refractivity contribution in [3.8, 4) is 0 Å². The van der Waals surface area contributed by atoms with Gasteiger partial charge >= 0.3 is 0 Å². The molecule has 1 aliphatic heterocycles. The fourth-order valence-electron chi connectivity index (χ4n) is 2.04. The second kappa shape index (κ2) is 4.51. The van der Waals surface area contributed by atoms with Crippen molar-refractivity contribution in [2.45, 2.75) is 51.2 Å². The lowest BCUT2D eigenvalue weighted by atomic mass is 9.97. The van der Waals surface area contributed by atoms with E-state index < -0.39 is 5.60 Å². The summed E-state index contributed by atoms with van der Waals surface area (Å²) in [7, 11) is 0. The molecule has 5 heteroatoms. The number of hydrogen-bond donors (Lipinski definition) is 1. The molecule has 0 radical (unpaired) electrons. The van der Waals surface area contributed by atoms with Gasteiger partial charge in [0.15, 0.2) is 5.82 Å². The van der Waals surface area contributed by atoms with E-state index in [0.717, 1.165) is 12.8 Å². The first-order valence-corrected chi connectivity index (χ1v) is 5.77. The van der Waals surface area contributed by atoms with Crippen molar-refractivity contribution in [1.82, 2.24) is 10.1 Å². The number of rotatable bonds is 4. The zero-order valence-corrected chi connectivity index (χ0v) is 9.77. The molecule has 2 heterocycles. The summed E-state index contributed by atoms with van der Waals surface area (Å²) in [6, 6.07) is 0. The highest BCUT2D eigenvalue weighted by Crippen LogP contribution is 2.27. The molecule has 1 aromatic rings. The van der Waals surface area contributed by atoms with Gasteiger partial charge in [-0.05, 0) is 13.3 Å². The van der Waals surface area contributed by atoms with E-state index in [2.05, 4.69) is 17.1 Å². The molecule has 16 heavy (non-hydrogen) atoms. The van der Waals surface area contributed by atoms with Crippen molar-refractivity contribution < 1.29 is 14.4 Å². The van der Waals surface area contributed by atoms with E-state index in [1.165, 1.54) is 0 Å². The molecule has 0 amide bonds. The van der Waals surface area contributed by atoms with Crippen LogP contribution in [0, 0.1) is 0 Å². The second-order valence-electron chi connectivity index (χ2n) is 4.58. The molecule has 1 fully saturated rings. The van der Waals surface area contributed by atoms with E-state index in [1.54, 1.807) is 0 Å². The third-order valence-electron chi connectivity index (χ3n) is 2.77. The number of ether oxygens (including phenoxy) is 1. The van der Waals surface area contributed by atoms with Crippen molar-refractivity contribution >= 4 is 0 Å². The van der Waals surface area contributed by atoms with Crippen molar-refractivity contribution in [2.24, 2.45) is 0 Å². The van der Waals surface area contributed by atoms with Gasteiger partial charge in [-0.25, -0.2) is 0 Å². The summed E-state index contributed by atoms with van der Waals surface area (Å²) < 4.78 is 10.5. The topological polar surface area (TPSA) is 68.4 Å². The second-order valence-corrected chi connectivity index (χ2v) is 4.58. The SMILES string of the molecule is CCCc1noc(C[C@]2(O)CO[C@H](C)C2)n1. The normalized spacial score (nSPS) is 29.8.